The molecular weight excluding hydrogens is 204 g/mol. The Bertz CT molecular complexity index is 452. The number of benzene rings is 1. The van der Waals surface area contributed by atoms with Crippen LogP contribution in [0.15, 0.2) is 42.7 Å². The highest BCUT2D eigenvalue weighted by molar-refractivity contribution is 5.74. The van der Waals surface area contributed by atoms with E-state index in [1.807, 2.05) is 30.3 Å². The van der Waals surface area contributed by atoms with Crippen LogP contribution in [0, 0.1) is 0 Å². The van der Waals surface area contributed by atoms with Crippen LogP contribution in [0.1, 0.15) is 5.56 Å². The molecule has 0 saturated heterocycles. The summed E-state index contributed by atoms with van der Waals surface area (Å²) >= 11 is 0. The van der Waals surface area contributed by atoms with Gasteiger partial charge in [0.05, 0.1) is 12.4 Å². The first-order chi connectivity index (χ1) is 7.77. The highest BCUT2D eigenvalue weighted by Gasteiger charge is 2.12. The minimum atomic E-state index is -0.242. The summed E-state index contributed by atoms with van der Waals surface area (Å²) in [4.78, 5) is 14.4. The molecule has 0 unspecified atom stereocenters. The monoisotopic (exact) mass is 216 g/mol. The van der Waals surface area contributed by atoms with Crippen molar-refractivity contribution in [3.8, 4) is 0 Å². The third kappa shape index (κ3) is 2.25. The molecule has 1 amide bonds. The van der Waals surface area contributed by atoms with Crippen molar-refractivity contribution in [3.63, 3.8) is 0 Å². The molecule has 0 N–H and O–H groups in total. The van der Waals surface area contributed by atoms with Gasteiger partial charge in [-0.1, -0.05) is 35.1 Å². The lowest BCUT2D eigenvalue weighted by molar-refractivity contribution is 0.201. The fraction of sp³-hybridized carbons (Fsp3) is 0.182. The maximum atomic E-state index is 11.8. The van der Waals surface area contributed by atoms with Gasteiger partial charge < -0.3 is 4.90 Å². The quantitative estimate of drug-likeness (QED) is 0.762. The summed E-state index contributed by atoms with van der Waals surface area (Å²) in [5, 5.41) is 7.59. The van der Waals surface area contributed by atoms with Gasteiger partial charge in [0.25, 0.3) is 0 Å². The van der Waals surface area contributed by atoms with Gasteiger partial charge in [-0.3, -0.25) is 0 Å². The second-order valence-corrected chi connectivity index (χ2v) is 3.44. The fourth-order valence-electron chi connectivity index (χ4n) is 1.39. The molecule has 0 saturated carbocycles. The predicted molar refractivity (Wildman–Crippen MR) is 58.7 cm³/mol. The third-order valence-electron chi connectivity index (χ3n) is 2.18. The number of hydrogen-bond acceptors (Lipinski definition) is 3. The Balaban J connectivity index is 2.04. The van der Waals surface area contributed by atoms with Gasteiger partial charge in [0.2, 0.25) is 0 Å². The third-order valence-corrected chi connectivity index (χ3v) is 2.18. The Labute approximate surface area is 93.3 Å². The number of carbonyl (C=O) groups is 1. The van der Waals surface area contributed by atoms with Gasteiger partial charge in [0, 0.05) is 13.6 Å². The van der Waals surface area contributed by atoms with Crippen molar-refractivity contribution in [2.45, 2.75) is 6.54 Å². The van der Waals surface area contributed by atoms with Crippen LogP contribution in [0.2, 0.25) is 0 Å². The Morgan fingerprint density at radius 1 is 1.25 bits per heavy atom. The summed E-state index contributed by atoms with van der Waals surface area (Å²) in [7, 11) is 1.72. The first kappa shape index (κ1) is 10.4. The molecule has 0 aliphatic rings. The Morgan fingerprint density at radius 2 is 1.88 bits per heavy atom. The van der Waals surface area contributed by atoms with Crippen LogP contribution in [0.3, 0.4) is 0 Å². The molecule has 5 nitrogen and oxygen atoms in total. The van der Waals surface area contributed by atoms with E-state index in [0.29, 0.717) is 6.54 Å². The van der Waals surface area contributed by atoms with E-state index in [-0.39, 0.29) is 6.03 Å². The molecule has 16 heavy (non-hydrogen) atoms. The van der Waals surface area contributed by atoms with E-state index in [9.17, 15) is 4.79 Å². The number of amides is 1. The van der Waals surface area contributed by atoms with Crippen molar-refractivity contribution >= 4 is 6.03 Å². The van der Waals surface area contributed by atoms with Gasteiger partial charge in [-0.25, -0.2) is 4.79 Å². The van der Waals surface area contributed by atoms with Gasteiger partial charge >= 0.3 is 6.03 Å². The molecule has 1 aromatic carbocycles. The number of nitrogens with zero attached hydrogens (tertiary/aromatic N) is 4. The van der Waals surface area contributed by atoms with E-state index in [0.717, 1.165) is 10.4 Å². The molecule has 82 valence electrons. The number of hydrogen-bond donors (Lipinski definition) is 0. The van der Waals surface area contributed by atoms with Crippen LogP contribution < -0.4 is 0 Å². The average molecular weight is 216 g/mol. The SMILES string of the molecule is CN(Cc1ccccc1)C(=O)n1nccn1. The van der Waals surface area contributed by atoms with Crippen LogP contribution in [-0.2, 0) is 6.54 Å². The van der Waals surface area contributed by atoms with E-state index < -0.39 is 0 Å². The molecule has 0 radical (unpaired) electrons. The van der Waals surface area contributed by atoms with Gasteiger partial charge in [-0.15, -0.1) is 0 Å². The molecule has 0 spiro atoms. The number of aromatic nitrogens is 3. The molecule has 0 fully saturated rings. The van der Waals surface area contributed by atoms with Gasteiger partial charge in [-0.2, -0.15) is 10.2 Å². The van der Waals surface area contributed by atoms with E-state index in [4.69, 9.17) is 0 Å². The molecule has 0 bridgehead atoms. The lowest BCUT2D eigenvalue weighted by Crippen LogP contribution is -2.32. The van der Waals surface area contributed by atoms with Crippen LogP contribution in [-0.4, -0.2) is 33.0 Å². The fourth-order valence-corrected chi connectivity index (χ4v) is 1.39. The summed E-state index contributed by atoms with van der Waals surface area (Å²) in [6.07, 6.45) is 2.96. The normalized spacial score (nSPS) is 10.1. The van der Waals surface area contributed by atoms with Gasteiger partial charge in [0.15, 0.2) is 0 Å². The zero-order valence-corrected chi connectivity index (χ0v) is 8.95. The predicted octanol–water partition coefficient (Wildman–Crippen LogP) is 1.38. The molecule has 2 rings (SSSR count). The lowest BCUT2D eigenvalue weighted by atomic mass is 10.2. The first-order valence-electron chi connectivity index (χ1n) is 4.93. The van der Waals surface area contributed by atoms with Crippen LogP contribution in [0.25, 0.3) is 0 Å². The van der Waals surface area contributed by atoms with Gasteiger partial charge in [-0.05, 0) is 5.56 Å². The average Bonchev–Trinajstić information content (AvgIpc) is 2.83. The topological polar surface area (TPSA) is 51.0 Å². The second-order valence-electron chi connectivity index (χ2n) is 3.44. The molecule has 1 heterocycles. The van der Waals surface area contributed by atoms with Crippen molar-refractivity contribution < 1.29 is 4.79 Å². The summed E-state index contributed by atoms with van der Waals surface area (Å²) in [6.45, 7) is 0.543. The van der Waals surface area contributed by atoms with E-state index in [1.165, 1.54) is 12.4 Å². The largest absolute Gasteiger partial charge is 0.362 e. The Hall–Kier alpha value is -2.17. The first-order valence-corrected chi connectivity index (χ1v) is 4.93. The smallest absolute Gasteiger partial charge is 0.320 e. The number of carbonyl (C=O) groups excluding carboxylic acids is 1. The molecule has 0 aliphatic carbocycles. The molecule has 2 aromatic rings. The van der Waals surface area contributed by atoms with E-state index >= 15 is 0 Å². The highest BCUT2D eigenvalue weighted by Crippen LogP contribution is 2.03. The Kier molecular flexibility index (Phi) is 2.95. The maximum Gasteiger partial charge on any atom is 0.362 e. The second kappa shape index (κ2) is 4.57. The number of rotatable bonds is 2. The van der Waals surface area contributed by atoms with Gasteiger partial charge in [0.1, 0.15) is 0 Å². The minimum absolute atomic E-state index is 0.242. The van der Waals surface area contributed by atoms with Crippen molar-refractivity contribution in [2.75, 3.05) is 7.05 Å². The Morgan fingerprint density at radius 3 is 2.50 bits per heavy atom. The van der Waals surface area contributed by atoms with Crippen LogP contribution >= 0.6 is 0 Å². The van der Waals surface area contributed by atoms with E-state index in [2.05, 4.69) is 10.2 Å². The summed E-state index contributed by atoms with van der Waals surface area (Å²) in [6, 6.07) is 9.54. The molecule has 0 atom stereocenters. The molecule has 5 heteroatoms. The van der Waals surface area contributed by atoms with Crippen LogP contribution in [0.5, 0.6) is 0 Å². The van der Waals surface area contributed by atoms with Crippen molar-refractivity contribution in [1.29, 1.82) is 0 Å². The van der Waals surface area contributed by atoms with Crippen molar-refractivity contribution in [1.82, 2.24) is 19.9 Å². The molecular formula is C11H12N4O. The lowest BCUT2D eigenvalue weighted by Gasteiger charge is -2.15. The van der Waals surface area contributed by atoms with Crippen molar-refractivity contribution in [3.05, 3.63) is 48.3 Å². The summed E-state index contributed by atoms with van der Waals surface area (Å²) in [5.41, 5.74) is 1.07. The van der Waals surface area contributed by atoms with E-state index in [1.54, 1.807) is 11.9 Å². The zero-order valence-electron chi connectivity index (χ0n) is 8.95. The van der Waals surface area contributed by atoms with Crippen molar-refractivity contribution in [2.24, 2.45) is 0 Å². The molecule has 1 aromatic heterocycles. The highest BCUT2D eigenvalue weighted by atomic mass is 16.2. The van der Waals surface area contributed by atoms with Crippen LogP contribution in [0.4, 0.5) is 4.79 Å². The standard InChI is InChI=1S/C11H12N4O/c1-14(9-10-5-3-2-4-6-10)11(16)15-12-7-8-13-15/h2-8H,9H2,1H3. The maximum absolute atomic E-state index is 11.8. The molecule has 0 aliphatic heterocycles. The zero-order chi connectivity index (χ0) is 11.4. The summed E-state index contributed by atoms with van der Waals surface area (Å²) in [5.74, 6) is 0. The minimum Gasteiger partial charge on any atom is -0.320 e. The summed E-state index contributed by atoms with van der Waals surface area (Å²) < 4.78 is 0.